The summed E-state index contributed by atoms with van der Waals surface area (Å²) in [5, 5.41) is 13.8. The molecule has 2 aromatic carbocycles. The molecule has 0 saturated carbocycles. The quantitative estimate of drug-likeness (QED) is 0.409. The first-order valence-electron chi connectivity index (χ1n) is 10.1. The molecule has 0 aliphatic carbocycles. The van der Waals surface area contributed by atoms with Crippen LogP contribution < -0.4 is 16.4 Å². The van der Waals surface area contributed by atoms with E-state index in [0.717, 1.165) is 16.7 Å². The Balaban J connectivity index is 1.90. The molecular weight excluding hydrogens is 393 g/mol. The second kappa shape index (κ2) is 10.0. The maximum Gasteiger partial charge on any atom is 0.269 e. The molecule has 31 heavy (non-hydrogen) atoms. The number of nitrogens with one attached hydrogen (secondary N) is 3. The molecule has 0 spiro atoms. The maximum absolute atomic E-state index is 13.4. The third kappa shape index (κ3) is 5.00. The Morgan fingerprint density at radius 3 is 2.58 bits per heavy atom. The van der Waals surface area contributed by atoms with Gasteiger partial charge < -0.3 is 26.7 Å². The van der Waals surface area contributed by atoms with E-state index in [0.29, 0.717) is 24.4 Å². The summed E-state index contributed by atoms with van der Waals surface area (Å²) in [6.45, 7) is 0.921. The van der Waals surface area contributed by atoms with Gasteiger partial charge in [-0.3, -0.25) is 4.79 Å². The van der Waals surface area contributed by atoms with Crippen LogP contribution in [0.2, 0.25) is 0 Å². The van der Waals surface area contributed by atoms with Crippen LogP contribution in [-0.2, 0) is 11.3 Å². The van der Waals surface area contributed by atoms with Gasteiger partial charge in [-0.15, -0.1) is 0 Å². The van der Waals surface area contributed by atoms with Crippen molar-refractivity contribution in [3.8, 4) is 0 Å². The third-order valence-corrected chi connectivity index (χ3v) is 5.46. The van der Waals surface area contributed by atoms with Crippen LogP contribution in [0.5, 0.6) is 0 Å². The van der Waals surface area contributed by atoms with Gasteiger partial charge in [-0.1, -0.05) is 36.4 Å². The van der Waals surface area contributed by atoms with Crippen molar-refractivity contribution in [1.29, 1.82) is 5.41 Å². The fourth-order valence-electron chi connectivity index (χ4n) is 3.85. The number of hydrogen-bond donors (Lipinski definition) is 4. The number of benzene rings is 2. The molecule has 7 heteroatoms. The number of fused-ring (bicyclic) bond motifs is 1. The van der Waals surface area contributed by atoms with Gasteiger partial charge in [0.1, 0.15) is 5.82 Å². The lowest BCUT2D eigenvalue weighted by Crippen LogP contribution is -2.42. The summed E-state index contributed by atoms with van der Waals surface area (Å²) < 4.78 is 13.2. The lowest BCUT2D eigenvalue weighted by Gasteiger charge is -2.35. The van der Waals surface area contributed by atoms with E-state index in [1.54, 1.807) is 43.4 Å². The van der Waals surface area contributed by atoms with Crippen molar-refractivity contribution in [2.75, 3.05) is 20.6 Å². The van der Waals surface area contributed by atoms with Crippen molar-refractivity contribution < 1.29 is 9.18 Å². The van der Waals surface area contributed by atoms with E-state index in [2.05, 4.69) is 10.6 Å². The molecule has 1 unspecified atom stereocenters. The predicted molar refractivity (Wildman–Crippen MR) is 121 cm³/mol. The van der Waals surface area contributed by atoms with E-state index < -0.39 is 6.04 Å². The van der Waals surface area contributed by atoms with Crippen LogP contribution in [0.15, 0.2) is 72.1 Å². The molecule has 1 amide bonds. The standard InChI is InChI=1S/C24H28FN5O/c1-28-13-18(12-26)21-15-30(14-17-5-3-4-6-20(17)21)24(31)23(29-2)11-22(27)16-7-9-19(25)10-8-16/h3-13,21-22,26,28-29H,14-15,27H2,1-2H3/b18-13+,23-11-,26-12?/t21-,22?/m0/s1. The summed E-state index contributed by atoms with van der Waals surface area (Å²) in [6.07, 6.45) is 4.78. The first-order valence-corrected chi connectivity index (χ1v) is 10.1. The number of halogens is 1. The van der Waals surface area contributed by atoms with Crippen LogP contribution in [-0.4, -0.2) is 37.7 Å². The summed E-state index contributed by atoms with van der Waals surface area (Å²) in [7, 11) is 3.47. The number of amides is 1. The molecule has 0 saturated heterocycles. The number of hydrogen-bond acceptors (Lipinski definition) is 5. The fraction of sp³-hybridized carbons (Fsp3) is 0.250. The van der Waals surface area contributed by atoms with Crippen molar-refractivity contribution in [3.63, 3.8) is 0 Å². The highest BCUT2D eigenvalue weighted by molar-refractivity contribution is 5.93. The van der Waals surface area contributed by atoms with E-state index in [-0.39, 0.29) is 17.6 Å². The Labute approximate surface area is 182 Å². The fourth-order valence-corrected chi connectivity index (χ4v) is 3.85. The van der Waals surface area contributed by atoms with Crippen molar-refractivity contribution in [2.45, 2.75) is 18.5 Å². The second-order valence-electron chi connectivity index (χ2n) is 7.42. The van der Waals surface area contributed by atoms with E-state index in [1.807, 2.05) is 24.3 Å². The van der Waals surface area contributed by atoms with E-state index in [1.165, 1.54) is 18.3 Å². The smallest absolute Gasteiger partial charge is 0.269 e. The predicted octanol–water partition coefficient (Wildman–Crippen LogP) is 2.81. The van der Waals surface area contributed by atoms with Gasteiger partial charge >= 0.3 is 0 Å². The molecule has 0 radical (unpaired) electrons. The van der Waals surface area contributed by atoms with Crippen LogP contribution in [0, 0.1) is 11.2 Å². The Kier molecular flexibility index (Phi) is 7.20. The Bertz CT molecular complexity index is 999. The molecule has 6 nitrogen and oxygen atoms in total. The zero-order valence-electron chi connectivity index (χ0n) is 17.7. The van der Waals surface area contributed by atoms with Gasteiger partial charge in [0.05, 0.1) is 11.7 Å². The first-order chi connectivity index (χ1) is 15.0. The van der Waals surface area contributed by atoms with Crippen molar-refractivity contribution in [2.24, 2.45) is 5.73 Å². The van der Waals surface area contributed by atoms with Gasteiger partial charge in [0.2, 0.25) is 0 Å². The average Bonchev–Trinajstić information content (AvgIpc) is 2.80. The minimum atomic E-state index is -0.554. The Hall–Kier alpha value is -3.45. The van der Waals surface area contributed by atoms with E-state index in [4.69, 9.17) is 11.1 Å². The van der Waals surface area contributed by atoms with Gasteiger partial charge in [0.25, 0.3) is 5.91 Å². The Morgan fingerprint density at radius 2 is 1.94 bits per heavy atom. The van der Waals surface area contributed by atoms with Crippen molar-refractivity contribution >= 4 is 12.1 Å². The molecule has 3 rings (SSSR count). The number of nitrogens with zero attached hydrogens (tertiary/aromatic N) is 1. The van der Waals surface area contributed by atoms with Gasteiger partial charge in [0, 0.05) is 45.5 Å². The topological polar surface area (TPSA) is 94.2 Å². The van der Waals surface area contributed by atoms with Gasteiger partial charge in [-0.2, -0.15) is 0 Å². The maximum atomic E-state index is 13.4. The zero-order valence-corrected chi connectivity index (χ0v) is 17.7. The summed E-state index contributed by atoms with van der Waals surface area (Å²) in [6, 6.07) is 13.4. The largest absolute Gasteiger partial charge is 0.394 e. The molecular formula is C24H28FN5O. The normalized spacial score (nSPS) is 17.5. The highest BCUT2D eigenvalue weighted by Gasteiger charge is 2.31. The molecule has 2 atom stereocenters. The molecule has 0 aromatic heterocycles. The molecule has 1 aliphatic rings. The summed E-state index contributed by atoms with van der Waals surface area (Å²) in [5.41, 5.74) is 10.3. The highest BCUT2D eigenvalue weighted by Crippen LogP contribution is 2.33. The second-order valence-corrected chi connectivity index (χ2v) is 7.42. The van der Waals surface area contributed by atoms with Crippen molar-refractivity contribution in [1.82, 2.24) is 15.5 Å². The minimum Gasteiger partial charge on any atom is -0.394 e. The van der Waals surface area contributed by atoms with Gasteiger partial charge in [-0.25, -0.2) is 4.39 Å². The van der Waals surface area contributed by atoms with Crippen LogP contribution in [0.4, 0.5) is 4.39 Å². The Morgan fingerprint density at radius 1 is 1.23 bits per heavy atom. The van der Waals surface area contributed by atoms with E-state index in [9.17, 15) is 9.18 Å². The average molecular weight is 422 g/mol. The van der Waals surface area contributed by atoms with Crippen molar-refractivity contribution in [3.05, 3.63) is 94.6 Å². The van der Waals surface area contributed by atoms with Crippen LogP contribution in [0.1, 0.15) is 28.7 Å². The number of nitrogens with two attached hydrogens (primary N) is 1. The lowest BCUT2D eigenvalue weighted by molar-refractivity contribution is -0.128. The molecule has 162 valence electrons. The van der Waals surface area contributed by atoms with Gasteiger partial charge in [-0.05, 0) is 40.5 Å². The monoisotopic (exact) mass is 421 g/mol. The molecule has 1 aliphatic heterocycles. The lowest BCUT2D eigenvalue weighted by atomic mass is 9.85. The number of likely N-dealkylation sites (N-methyl/N-ethyl adjacent to an activating group) is 1. The molecule has 0 fully saturated rings. The number of carbonyl (C=O) groups is 1. The molecule has 2 aromatic rings. The zero-order chi connectivity index (χ0) is 22.4. The van der Waals surface area contributed by atoms with Crippen LogP contribution >= 0.6 is 0 Å². The van der Waals surface area contributed by atoms with Crippen LogP contribution in [0.25, 0.3) is 0 Å². The van der Waals surface area contributed by atoms with E-state index >= 15 is 0 Å². The molecule has 1 heterocycles. The highest BCUT2D eigenvalue weighted by atomic mass is 19.1. The molecule has 5 N–H and O–H groups in total. The SMILES string of the molecule is CN/C=C(\C=N)[C@@H]1CN(C(=O)/C(=C/C(N)c2ccc(F)cc2)NC)Cc2ccccc21. The number of carbonyl (C=O) groups excluding carboxylic acids is 1. The first kappa shape index (κ1) is 22.2. The third-order valence-electron chi connectivity index (χ3n) is 5.46. The molecule has 0 bridgehead atoms. The summed E-state index contributed by atoms with van der Waals surface area (Å²) in [5.74, 6) is -0.615. The minimum absolute atomic E-state index is 0.109. The number of rotatable bonds is 7. The summed E-state index contributed by atoms with van der Waals surface area (Å²) >= 11 is 0. The van der Waals surface area contributed by atoms with Crippen LogP contribution in [0.3, 0.4) is 0 Å². The van der Waals surface area contributed by atoms with Gasteiger partial charge in [0.15, 0.2) is 0 Å². The summed E-state index contributed by atoms with van der Waals surface area (Å²) in [4.78, 5) is 15.1.